The zero-order chi connectivity index (χ0) is 13.8. The third kappa shape index (κ3) is 3.84. The smallest absolute Gasteiger partial charge is 0.161 e. The lowest BCUT2D eigenvalue weighted by molar-refractivity contribution is 0.479. The van der Waals surface area contributed by atoms with Gasteiger partial charge in [-0.1, -0.05) is 38.5 Å². The average molecular weight is 392 g/mol. The molecule has 19 heavy (non-hydrogen) atoms. The largest absolute Gasteiger partial charge is 0.334 e. The first kappa shape index (κ1) is 15.1. The van der Waals surface area contributed by atoms with E-state index >= 15 is 0 Å². The lowest BCUT2D eigenvalue weighted by Crippen LogP contribution is -2.17. The Morgan fingerprint density at radius 1 is 1.47 bits per heavy atom. The maximum Gasteiger partial charge on any atom is 0.161 e. The molecule has 2 nitrogen and oxygen atoms in total. The number of halogens is 2. The zero-order valence-corrected chi connectivity index (χ0v) is 14.1. The minimum atomic E-state index is -0.203. The molecule has 0 spiro atoms. The van der Waals surface area contributed by atoms with Crippen LogP contribution in [0.4, 0.5) is 10.1 Å². The molecule has 0 saturated heterocycles. The van der Waals surface area contributed by atoms with Gasteiger partial charge in [-0.3, -0.25) is 4.99 Å². The van der Waals surface area contributed by atoms with Crippen molar-refractivity contribution in [1.82, 2.24) is 0 Å². The number of aliphatic imine (C=N–C) groups is 1. The van der Waals surface area contributed by atoms with E-state index in [0.717, 1.165) is 26.9 Å². The molecular formula is C14H18FIN2S. The van der Waals surface area contributed by atoms with Gasteiger partial charge in [-0.2, -0.15) is 0 Å². The highest BCUT2D eigenvalue weighted by Crippen LogP contribution is 2.32. The van der Waals surface area contributed by atoms with E-state index in [1.807, 2.05) is 11.8 Å². The van der Waals surface area contributed by atoms with E-state index in [2.05, 4.69) is 46.7 Å². The van der Waals surface area contributed by atoms with E-state index in [4.69, 9.17) is 0 Å². The van der Waals surface area contributed by atoms with E-state index in [9.17, 15) is 4.39 Å². The third-order valence-corrected chi connectivity index (χ3v) is 5.61. The van der Waals surface area contributed by atoms with Gasteiger partial charge in [0.1, 0.15) is 5.82 Å². The number of hydrogen-bond donors (Lipinski definition) is 1. The van der Waals surface area contributed by atoms with Crippen molar-refractivity contribution >= 4 is 45.2 Å². The van der Waals surface area contributed by atoms with E-state index in [0.29, 0.717) is 5.25 Å². The second kappa shape index (κ2) is 6.92. The predicted molar refractivity (Wildman–Crippen MR) is 90.5 cm³/mol. The van der Waals surface area contributed by atoms with Crippen molar-refractivity contribution in [1.29, 1.82) is 0 Å². The number of thioether (sulfide) groups is 1. The fourth-order valence-corrected chi connectivity index (χ4v) is 4.17. The molecule has 0 saturated carbocycles. The first-order valence-electron chi connectivity index (χ1n) is 6.57. The molecule has 0 amide bonds. The van der Waals surface area contributed by atoms with E-state index in [-0.39, 0.29) is 5.82 Å². The van der Waals surface area contributed by atoms with Crippen LogP contribution < -0.4 is 5.32 Å². The Hall–Kier alpha value is -0.300. The van der Waals surface area contributed by atoms with Crippen LogP contribution in [0, 0.1) is 15.3 Å². The molecule has 0 aliphatic carbocycles. The topological polar surface area (TPSA) is 24.4 Å². The van der Waals surface area contributed by atoms with Crippen molar-refractivity contribution in [3.63, 3.8) is 0 Å². The molecule has 1 heterocycles. The molecule has 1 aromatic carbocycles. The Bertz CT molecular complexity index is 475. The summed E-state index contributed by atoms with van der Waals surface area (Å²) >= 11 is 3.96. The highest BCUT2D eigenvalue weighted by Gasteiger charge is 2.26. The minimum absolute atomic E-state index is 0.203. The Labute approximate surface area is 131 Å². The maximum atomic E-state index is 13.1. The van der Waals surface area contributed by atoms with Gasteiger partial charge in [0.05, 0.1) is 12.2 Å². The van der Waals surface area contributed by atoms with Crippen LogP contribution in [0.5, 0.6) is 0 Å². The fourth-order valence-electron chi connectivity index (χ4n) is 2.23. The van der Waals surface area contributed by atoms with Crippen LogP contribution in [-0.4, -0.2) is 17.0 Å². The van der Waals surface area contributed by atoms with Crippen LogP contribution >= 0.6 is 34.4 Å². The van der Waals surface area contributed by atoms with Crippen molar-refractivity contribution < 1.29 is 4.39 Å². The van der Waals surface area contributed by atoms with E-state index in [1.165, 1.54) is 25.0 Å². The lowest BCUT2D eigenvalue weighted by Gasteiger charge is -2.18. The Morgan fingerprint density at radius 3 is 2.84 bits per heavy atom. The van der Waals surface area contributed by atoms with Crippen LogP contribution in [0.2, 0.25) is 0 Å². The second-order valence-electron chi connectivity index (χ2n) is 4.63. The monoisotopic (exact) mass is 392 g/mol. The summed E-state index contributed by atoms with van der Waals surface area (Å²) in [5.41, 5.74) is 0.929. The molecule has 0 fully saturated rings. The molecule has 1 aliphatic heterocycles. The summed E-state index contributed by atoms with van der Waals surface area (Å²) < 4.78 is 13.9. The molecule has 5 heteroatoms. The summed E-state index contributed by atoms with van der Waals surface area (Å²) in [6.07, 6.45) is 2.40. The summed E-state index contributed by atoms with van der Waals surface area (Å²) in [5, 5.41) is 4.85. The van der Waals surface area contributed by atoms with Crippen molar-refractivity contribution in [2.75, 3.05) is 11.9 Å². The molecule has 1 atom stereocenters. The molecule has 104 valence electrons. The number of nitrogens with zero attached hydrogens (tertiary/aromatic N) is 1. The van der Waals surface area contributed by atoms with Gasteiger partial charge in [-0.05, 0) is 46.7 Å². The quantitative estimate of drug-likeness (QED) is 0.748. The second-order valence-corrected chi connectivity index (χ2v) is 7.02. The number of benzene rings is 1. The van der Waals surface area contributed by atoms with Crippen LogP contribution in [0.1, 0.15) is 26.7 Å². The molecular weight excluding hydrogens is 374 g/mol. The normalized spacial score (nSPS) is 18.8. The van der Waals surface area contributed by atoms with Gasteiger partial charge in [0.15, 0.2) is 5.17 Å². The molecule has 2 rings (SSSR count). The van der Waals surface area contributed by atoms with Gasteiger partial charge in [0.2, 0.25) is 0 Å². The van der Waals surface area contributed by atoms with Crippen LogP contribution in [0.25, 0.3) is 0 Å². The van der Waals surface area contributed by atoms with Gasteiger partial charge in [-0.25, -0.2) is 4.39 Å². The van der Waals surface area contributed by atoms with Crippen molar-refractivity contribution in [2.24, 2.45) is 10.9 Å². The van der Waals surface area contributed by atoms with Crippen LogP contribution in [-0.2, 0) is 0 Å². The van der Waals surface area contributed by atoms with Gasteiger partial charge < -0.3 is 5.32 Å². The highest BCUT2D eigenvalue weighted by atomic mass is 127. The van der Waals surface area contributed by atoms with Gasteiger partial charge in [0.25, 0.3) is 0 Å². The Balaban J connectivity index is 1.98. The first-order chi connectivity index (χ1) is 9.13. The summed E-state index contributed by atoms with van der Waals surface area (Å²) in [4.78, 5) is 4.56. The lowest BCUT2D eigenvalue weighted by atomic mass is 9.99. The summed E-state index contributed by atoms with van der Waals surface area (Å²) in [6, 6.07) is 4.77. The molecule has 1 aromatic rings. The summed E-state index contributed by atoms with van der Waals surface area (Å²) in [5.74, 6) is 0.520. The first-order valence-corrected chi connectivity index (χ1v) is 8.53. The predicted octanol–water partition coefficient (Wildman–Crippen LogP) is 4.75. The Kier molecular flexibility index (Phi) is 5.50. The van der Waals surface area contributed by atoms with Gasteiger partial charge in [0, 0.05) is 8.82 Å². The van der Waals surface area contributed by atoms with Crippen molar-refractivity contribution in [2.45, 2.75) is 31.9 Å². The maximum absolute atomic E-state index is 13.1. The van der Waals surface area contributed by atoms with Gasteiger partial charge >= 0.3 is 0 Å². The summed E-state index contributed by atoms with van der Waals surface area (Å²) in [6.45, 7) is 5.36. The minimum Gasteiger partial charge on any atom is -0.334 e. The number of rotatable bonds is 4. The van der Waals surface area contributed by atoms with E-state index < -0.39 is 0 Å². The van der Waals surface area contributed by atoms with Crippen LogP contribution in [0.15, 0.2) is 23.2 Å². The van der Waals surface area contributed by atoms with Crippen molar-refractivity contribution in [3.05, 3.63) is 27.6 Å². The molecule has 0 radical (unpaired) electrons. The molecule has 0 bridgehead atoms. The van der Waals surface area contributed by atoms with Crippen LogP contribution in [0.3, 0.4) is 0 Å². The third-order valence-electron chi connectivity index (χ3n) is 3.43. The molecule has 1 N–H and O–H groups in total. The number of anilines is 1. The van der Waals surface area contributed by atoms with Gasteiger partial charge in [-0.15, -0.1) is 0 Å². The Morgan fingerprint density at radius 2 is 2.21 bits per heavy atom. The molecule has 0 aromatic heterocycles. The molecule has 1 aliphatic rings. The average Bonchev–Trinajstić information content (AvgIpc) is 2.83. The SMILES string of the molecule is CCC(CC)C1CN=C(Nc2ccc(F)cc2I)S1. The van der Waals surface area contributed by atoms with E-state index in [1.54, 1.807) is 6.07 Å². The zero-order valence-electron chi connectivity index (χ0n) is 11.1. The van der Waals surface area contributed by atoms with Crippen molar-refractivity contribution in [3.8, 4) is 0 Å². The number of nitrogens with one attached hydrogen (secondary N) is 1. The summed E-state index contributed by atoms with van der Waals surface area (Å²) in [7, 11) is 0. The number of amidine groups is 1. The molecule has 1 unspecified atom stereocenters. The fraction of sp³-hybridized carbons (Fsp3) is 0.500. The highest BCUT2D eigenvalue weighted by molar-refractivity contribution is 14.1. The number of hydrogen-bond acceptors (Lipinski definition) is 3. The standard InChI is InChI=1S/C14H18FIN2S/c1-3-9(4-2)13-8-17-14(19-13)18-12-6-5-10(15)7-11(12)16/h5-7,9,13H,3-4,8H2,1-2H3,(H,17,18).